The maximum absolute atomic E-state index is 12.9. The Balaban J connectivity index is 1.76. The van der Waals surface area contributed by atoms with Gasteiger partial charge in [0.1, 0.15) is 5.01 Å². The summed E-state index contributed by atoms with van der Waals surface area (Å²) in [7, 11) is 1.90. The second-order valence-corrected chi connectivity index (χ2v) is 7.23. The first-order valence-corrected chi connectivity index (χ1v) is 8.82. The van der Waals surface area contributed by atoms with Gasteiger partial charge in [0.15, 0.2) is 0 Å². The lowest BCUT2D eigenvalue weighted by molar-refractivity contribution is -0.126. The highest BCUT2D eigenvalue weighted by Gasteiger charge is 2.38. The summed E-state index contributed by atoms with van der Waals surface area (Å²) in [5.74, 6) is 0.176. The van der Waals surface area contributed by atoms with Crippen molar-refractivity contribution in [3.05, 3.63) is 34.5 Å². The molecule has 2 aromatic rings. The van der Waals surface area contributed by atoms with Gasteiger partial charge in [-0.1, -0.05) is 6.92 Å². The number of rotatable bonds is 5. The molecule has 0 spiro atoms. The number of aryl methyl sites for hydroxylation is 1. The molecule has 1 fully saturated rings. The lowest BCUT2D eigenvalue weighted by atomic mass is 9.89. The minimum Gasteiger partial charge on any atom is -0.344 e. The average Bonchev–Trinajstić information content (AvgIpc) is 3.27. The van der Waals surface area contributed by atoms with Crippen LogP contribution in [0.1, 0.15) is 36.8 Å². The van der Waals surface area contributed by atoms with Gasteiger partial charge in [0.25, 0.3) is 0 Å². The highest BCUT2D eigenvalue weighted by atomic mass is 32.1. The van der Waals surface area contributed by atoms with Crippen molar-refractivity contribution in [1.82, 2.24) is 25.4 Å². The fourth-order valence-electron chi connectivity index (χ4n) is 3.09. The van der Waals surface area contributed by atoms with E-state index in [1.54, 1.807) is 22.2 Å². The molecule has 23 heavy (non-hydrogen) atoms. The molecule has 3 heterocycles. The van der Waals surface area contributed by atoms with E-state index in [9.17, 15) is 4.79 Å². The monoisotopic (exact) mass is 333 g/mol. The van der Waals surface area contributed by atoms with E-state index >= 15 is 0 Å². The zero-order valence-corrected chi connectivity index (χ0v) is 14.6. The van der Waals surface area contributed by atoms with E-state index in [2.05, 4.69) is 27.6 Å². The Kier molecular flexibility index (Phi) is 4.50. The van der Waals surface area contributed by atoms with E-state index < -0.39 is 5.54 Å². The predicted molar refractivity (Wildman–Crippen MR) is 90.2 cm³/mol. The van der Waals surface area contributed by atoms with Crippen molar-refractivity contribution in [2.24, 2.45) is 13.0 Å². The van der Waals surface area contributed by atoms with Crippen LogP contribution in [-0.2, 0) is 17.4 Å². The highest BCUT2D eigenvalue weighted by Crippen LogP contribution is 2.31. The summed E-state index contributed by atoms with van der Waals surface area (Å²) >= 11 is 1.58. The number of carbonyl (C=O) groups is 1. The third-order valence-corrected chi connectivity index (χ3v) is 5.75. The molecule has 124 valence electrons. The molecule has 1 amide bonds. The summed E-state index contributed by atoms with van der Waals surface area (Å²) in [6.07, 6.45) is 6.45. The van der Waals surface area contributed by atoms with Gasteiger partial charge in [0.2, 0.25) is 5.91 Å². The van der Waals surface area contributed by atoms with E-state index in [0.29, 0.717) is 6.54 Å². The molecule has 1 aliphatic rings. The Bertz CT molecular complexity index is 668. The SMILES string of the molecule is CCC(C)(NC(=O)[C@H]1CNC[C@@H]1c1cnn(C)c1)c1nccs1. The van der Waals surface area contributed by atoms with Crippen LogP contribution in [0.25, 0.3) is 0 Å². The molecule has 0 saturated carbocycles. The molecule has 1 unspecified atom stereocenters. The van der Waals surface area contributed by atoms with Crippen molar-refractivity contribution in [1.29, 1.82) is 0 Å². The van der Waals surface area contributed by atoms with E-state index in [-0.39, 0.29) is 17.7 Å². The number of hydrogen-bond acceptors (Lipinski definition) is 5. The smallest absolute Gasteiger partial charge is 0.225 e. The van der Waals surface area contributed by atoms with Gasteiger partial charge in [0.05, 0.1) is 17.7 Å². The molecule has 2 N–H and O–H groups in total. The number of nitrogens with zero attached hydrogens (tertiary/aromatic N) is 3. The zero-order valence-electron chi connectivity index (χ0n) is 13.7. The minimum absolute atomic E-state index is 0.0787. The van der Waals surface area contributed by atoms with Crippen LogP contribution in [0.15, 0.2) is 24.0 Å². The average molecular weight is 333 g/mol. The summed E-state index contributed by atoms with van der Waals surface area (Å²) < 4.78 is 1.79. The Hall–Kier alpha value is -1.73. The molecular formula is C16H23N5OS. The molecule has 7 heteroatoms. The van der Waals surface area contributed by atoms with E-state index in [1.807, 2.05) is 31.7 Å². The molecule has 0 aliphatic carbocycles. The van der Waals surface area contributed by atoms with Crippen LogP contribution in [-0.4, -0.2) is 33.8 Å². The van der Waals surface area contributed by atoms with Crippen LogP contribution in [0, 0.1) is 5.92 Å². The largest absolute Gasteiger partial charge is 0.344 e. The fraction of sp³-hybridized carbons (Fsp3) is 0.562. The first kappa shape index (κ1) is 16.1. The molecule has 1 saturated heterocycles. The minimum atomic E-state index is -0.409. The Morgan fingerprint density at radius 3 is 3.00 bits per heavy atom. The third kappa shape index (κ3) is 3.16. The van der Waals surface area contributed by atoms with Crippen molar-refractivity contribution in [2.75, 3.05) is 13.1 Å². The van der Waals surface area contributed by atoms with Gasteiger partial charge >= 0.3 is 0 Å². The van der Waals surface area contributed by atoms with E-state index in [1.165, 1.54) is 0 Å². The number of thiazole rings is 1. The quantitative estimate of drug-likeness (QED) is 0.872. The number of carbonyl (C=O) groups excluding carboxylic acids is 1. The van der Waals surface area contributed by atoms with E-state index in [4.69, 9.17) is 0 Å². The first-order valence-electron chi connectivity index (χ1n) is 7.94. The number of aromatic nitrogens is 3. The molecule has 3 atom stereocenters. The number of nitrogens with one attached hydrogen (secondary N) is 2. The molecular weight excluding hydrogens is 310 g/mol. The van der Waals surface area contributed by atoms with Crippen LogP contribution in [0.4, 0.5) is 0 Å². The van der Waals surface area contributed by atoms with Crippen LogP contribution >= 0.6 is 11.3 Å². The summed E-state index contributed by atoms with van der Waals surface area (Å²) in [4.78, 5) is 17.3. The topological polar surface area (TPSA) is 71.8 Å². The van der Waals surface area contributed by atoms with Gasteiger partial charge in [-0.2, -0.15) is 5.10 Å². The predicted octanol–water partition coefficient (Wildman–Crippen LogP) is 1.62. The highest BCUT2D eigenvalue weighted by molar-refractivity contribution is 7.09. The van der Waals surface area contributed by atoms with Crippen molar-refractivity contribution >= 4 is 17.2 Å². The van der Waals surface area contributed by atoms with Crippen LogP contribution in [0.3, 0.4) is 0 Å². The Morgan fingerprint density at radius 2 is 2.39 bits per heavy atom. The second kappa shape index (κ2) is 6.41. The van der Waals surface area contributed by atoms with Crippen molar-refractivity contribution < 1.29 is 4.79 Å². The van der Waals surface area contributed by atoms with Gasteiger partial charge in [-0.05, 0) is 18.9 Å². The number of hydrogen-bond donors (Lipinski definition) is 2. The summed E-state index contributed by atoms with van der Waals surface area (Å²) in [6, 6.07) is 0. The third-order valence-electron chi connectivity index (χ3n) is 4.71. The van der Waals surface area contributed by atoms with Crippen molar-refractivity contribution in [3.63, 3.8) is 0 Å². The second-order valence-electron chi connectivity index (χ2n) is 6.33. The molecule has 0 radical (unpaired) electrons. The van der Waals surface area contributed by atoms with Gasteiger partial charge in [-0.3, -0.25) is 9.48 Å². The molecule has 3 rings (SSSR count). The maximum Gasteiger partial charge on any atom is 0.225 e. The van der Waals surface area contributed by atoms with Crippen molar-refractivity contribution in [3.8, 4) is 0 Å². The fourth-order valence-corrected chi connectivity index (χ4v) is 3.92. The van der Waals surface area contributed by atoms with Gasteiger partial charge in [0, 0.05) is 43.8 Å². The molecule has 2 aromatic heterocycles. The van der Waals surface area contributed by atoms with Gasteiger partial charge in [-0.25, -0.2) is 4.98 Å². The van der Waals surface area contributed by atoms with Crippen LogP contribution in [0.2, 0.25) is 0 Å². The summed E-state index contributed by atoms with van der Waals surface area (Å²) in [5.41, 5.74) is 0.706. The normalized spacial score (nSPS) is 23.6. The van der Waals surface area contributed by atoms with Crippen LogP contribution < -0.4 is 10.6 Å². The standard InChI is InChI=1S/C16H23N5OS/c1-4-16(2,15-18-5-6-23-15)20-14(22)13-9-17-8-12(13)11-7-19-21(3)10-11/h5-7,10,12-13,17H,4,8-9H2,1-3H3,(H,20,22)/t12-,13+,16?/m1/s1. The van der Waals surface area contributed by atoms with Gasteiger partial charge in [-0.15, -0.1) is 11.3 Å². The maximum atomic E-state index is 12.9. The molecule has 0 bridgehead atoms. The van der Waals surface area contributed by atoms with Crippen LogP contribution in [0.5, 0.6) is 0 Å². The van der Waals surface area contributed by atoms with Crippen molar-refractivity contribution in [2.45, 2.75) is 31.7 Å². The molecule has 6 nitrogen and oxygen atoms in total. The Labute approximate surface area is 140 Å². The molecule has 0 aromatic carbocycles. The summed E-state index contributed by atoms with van der Waals surface area (Å²) in [6.45, 7) is 5.63. The lowest BCUT2D eigenvalue weighted by Gasteiger charge is -2.30. The zero-order chi connectivity index (χ0) is 16.4. The Morgan fingerprint density at radius 1 is 1.57 bits per heavy atom. The van der Waals surface area contributed by atoms with E-state index in [0.717, 1.165) is 23.5 Å². The van der Waals surface area contributed by atoms with Gasteiger partial charge < -0.3 is 10.6 Å². The lowest BCUT2D eigenvalue weighted by Crippen LogP contribution is -2.47. The summed E-state index contributed by atoms with van der Waals surface area (Å²) in [5, 5.41) is 13.7. The molecule has 1 aliphatic heterocycles. The first-order chi connectivity index (χ1) is 11.0. The number of amides is 1.